The lowest BCUT2D eigenvalue weighted by Gasteiger charge is -1.97. The van der Waals surface area contributed by atoms with Crippen LogP contribution >= 0.6 is 0 Å². The first kappa shape index (κ1) is 10.6. The normalized spacial score (nSPS) is 11.9. The Morgan fingerprint density at radius 2 is 1.79 bits per heavy atom. The number of hydrogen-bond acceptors (Lipinski definition) is 2. The molecule has 0 amide bonds. The van der Waals surface area contributed by atoms with Crippen molar-refractivity contribution >= 4 is 32.9 Å². The average Bonchev–Trinajstić information content (AvgIpc) is 2.86. The first-order valence-electron chi connectivity index (χ1n) is 6.39. The van der Waals surface area contributed by atoms with Crippen molar-refractivity contribution in [2.75, 3.05) is 0 Å². The second kappa shape index (κ2) is 3.38. The molecule has 2 aromatic heterocycles. The molecule has 0 fully saturated rings. The summed E-state index contributed by atoms with van der Waals surface area (Å²) in [5.41, 5.74) is 5.49. The Kier molecular flexibility index (Phi) is 1.89. The molecular weight excluding hydrogens is 236 g/mol. The van der Waals surface area contributed by atoms with E-state index in [1.165, 1.54) is 27.4 Å². The van der Waals surface area contributed by atoms with E-state index in [2.05, 4.69) is 53.9 Å². The SMILES string of the molecule is Cc1ccc2c(c1)c1cc3oc(C)nc3cc1n2C. The molecule has 0 saturated carbocycles. The number of aromatic nitrogens is 2. The van der Waals surface area contributed by atoms with E-state index in [1.807, 2.05) is 6.92 Å². The molecule has 0 unspecified atom stereocenters. The second-order valence-corrected chi connectivity index (χ2v) is 5.15. The molecule has 4 aromatic rings. The maximum absolute atomic E-state index is 5.64. The molecular formula is C16H14N2O. The zero-order valence-electron chi connectivity index (χ0n) is 11.2. The molecule has 2 aromatic carbocycles. The number of fused-ring (bicyclic) bond motifs is 4. The standard InChI is InChI=1S/C16H14N2O/c1-9-4-5-14-11(6-9)12-7-16-13(17-10(2)19-16)8-15(12)18(14)3/h4-8H,1-3H3. The van der Waals surface area contributed by atoms with Crippen LogP contribution in [0.15, 0.2) is 34.7 Å². The molecule has 94 valence electrons. The van der Waals surface area contributed by atoms with E-state index in [1.54, 1.807) is 0 Å². The number of oxazole rings is 1. The molecule has 19 heavy (non-hydrogen) atoms. The highest BCUT2D eigenvalue weighted by Gasteiger charge is 2.12. The predicted octanol–water partition coefficient (Wildman–Crippen LogP) is 4.09. The molecule has 0 radical (unpaired) electrons. The van der Waals surface area contributed by atoms with Gasteiger partial charge in [-0.15, -0.1) is 0 Å². The Bertz CT molecular complexity index is 944. The summed E-state index contributed by atoms with van der Waals surface area (Å²) in [4.78, 5) is 4.41. The van der Waals surface area contributed by atoms with E-state index in [4.69, 9.17) is 4.42 Å². The van der Waals surface area contributed by atoms with Crippen LogP contribution in [0.5, 0.6) is 0 Å². The van der Waals surface area contributed by atoms with Crippen molar-refractivity contribution < 1.29 is 4.42 Å². The first-order chi connectivity index (χ1) is 9.13. The number of benzene rings is 2. The summed E-state index contributed by atoms with van der Waals surface area (Å²) in [7, 11) is 2.10. The summed E-state index contributed by atoms with van der Waals surface area (Å²) in [5, 5.41) is 2.50. The van der Waals surface area contributed by atoms with E-state index < -0.39 is 0 Å². The van der Waals surface area contributed by atoms with E-state index in [9.17, 15) is 0 Å². The second-order valence-electron chi connectivity index (χ2n) is 5.15. The Balaban J connectivity index is 2.28. The van der Waals surface area contributed by atoms with Crippen molar-refractivity contribution in [2.24, 2.45) is 7.05 Å². The fourth-order valence-electron chi connectivity index (χ4n) is 2.86. The maximum atomic E-state index is 5.64. The molecule has 0 saturated heterocycles. The van der Waals surface area contributed by atoms with Crippen molar-refractivity contribution in [2.45, 2.75) is 13.8 Å². The van der Waals surface area contributed by atoms with Crippen LogP contribution < -0.4 is 0 Å². The molecule has 0 aliphatic carbocycles. The first-order valence-corrected chi connectivity index (χ1v) is 6.39. The molecule has 3 nitrogen and oxygen atoms in total. The molecule has 0 atom stereocenters. The van der Waals surface area contributed by atoms with Crippen molar-refractivity contribution in [3.8, 4) is 0 Å². The van der Waals surface area contributed by atoms with Gasteiger partial charge in [0, 0.05) is 30.3 Å². The lowest BCUT2D eigenvalue weighted by molar-refractivity contribution is 0.561. The minimum Gasteiger partial charge on any atom is -0.441 e. The molecule has 0 spiro atoms. The summed E-state index contributed by atoms with van der Waals surface area (Å²) < 4.78 is 7.86. The highest BCUT2D eigenvalue weighted by atomic mass is 16.3. The summed E-state index contributed by atoms with van der Waals surface area (Å²) in [5.74, 6) is 0.714. The molecule has 3 heteroatoms. The Hall–Kier alpha value is -2.29. The topological polar surface area (TPSA) is 31.0 Å². The van der Waals surface area contributed by atoms with Gasteiger partial charge >= 0.3 is 0 Å². The summed E-state index contributed by atoms with van der Waals surface area (Å²) in [6, 6.07) is 10.8. The van der Waals surface area contributed by atoms with Gasteiger partial charge in [0.05, 0.1) is 5.52 Å². The largest absolute Gasteiger partial charge is 0.441 e. The van der Waals surface area contributed by atoms with Crippen molar-refractivity contribution in [1.29, 1.82) is 0 Å². The zero-order chi connectivity index (χ0) is 13.1. The van der Waals surface area contributed by atoms with Gasteiger partial charge in [0.25, 0.3) is 0 Å². The zero-order valence-corrected chi connectivity index (χ0v) is 11.2. The quantitative estimate of drug-likeness (QED) is 0.470. The molecule has 0 N–H and O–H groups in total. The van der Waals surface area contributed by atoms with Crippen LogP contribution in [0.25, 0.3) is 32.9 Å². The lowest BCUT2D eigenvalue weighted by Crippen LogP contribution is -1.86. The number of aryl methyl sites for hydroxylation is 3. The monoisotopic (exact) mass is 250 g/mol. The van der Waals surface area contributed by atoms with Crippen molar-refractivity contribution in [1.82, 2.24) is 9.55 Å². The van der Waals surface area contributed by atoms with Gasteiger partial charge in [-0.05, 0) is 31.2 Å². The van der Waals surface area contributed by atoms with Gasteiger partial charge in [-0.3, -0.25) is 0 Å². The van der Waals surface area contributed by atoms with E-state index >= 15 is 0 Å². The Morgan fingerprint density at radius 1 is 1.00 bits per heavy atom. The van der Waals surface area contributed by atoms with Crippen LogP contribution in [0.3, 0.4) is 0 Å². The summed E-state index contributed by atoms with van der Waals surface area (Å²) in [6.07, 6.45) is 0. The van der Waals surface area contributed by atoms with Gasteiger partial charge in [0.15, 0.2) is 11.5 Å². The third-order valence-electron chi connectivity index (χ3n) is 3.78. The van der Waals surface area contributed by atoms with Gasteiger partial charge in [-0.1, -0.05) is 11.6 Å². The third kappa shape index (κ3) is 1.35. The lowest BCUT2D eigenvalue weighted by atomic mass is 10.1. The van der Waals surface area contributed by atoms with Gasteiger partial charge in [0.1, 0.15) is 5.52 Å². The van der Waals surface area contributed by atoms with Crippen LogP contribution in [-0.4, -0.2) is 9.55 Å². The van der Waals surface area contributed by atoms with Crippen LogP contribution in [0.2, 0.25) is 0 Å². The highest BCUT2D eigenvalue weighted by molar-refractivity contribution is 6.11. The van der Waals surface area contributed by atoms with E-state index in [-0.39, 0.29) is 0 Å². The molecule has 0 bridgehead atoms. The summed E-state index contributed by atoms with van der Waals surface area (Å²) in [6.45, 7) is 4.00. The number of rotatable bonds is 0. The summed E-state index contributed by atoms with van der Waals surface area (Å²) >= 11 is 0. The maximum Gasteiger partial charge on any atom is 0.192 e. The van der Waals surface area contributed by atoms with Gasteiger partial charge in [-0.2, -0.15) is 0 Å². The average molecular weight is 250 g/mol. The minimum absolute atomic E-state index is 0.714. The molecule has 2 heterocycles. The fraction of sp³-hybridized carbons (Fsp3) is 0.188. The minimum atomic E-state index is 0.714. The van der Waals surface area contributed by atoms with Gasteiger partial charge < -0.3 is 8.98 Å². The van der Waals surface area contributed by atoms with Gasteiger partial charge in [-0.25, -0.2) is 4.98 Å². The smallest absolute Gasteiger partial charge is 0.192 e. The molecule has 4 rings (SSSR count). The Labute approximate surface area is 110 Å². The third-order valence-corrected chi connectivity index (χ3v) is 3.78. The predicted molar refractivity (Wildman–Crippen MR) is 77.5 cm³/mol. The van der Waals surface area contributed by atoms with Crippen LogP contribution in [0, 0.1) is 13.8 Å². The molecule has 0 aliphatic heterocycles. The van der Waals surface area contributed by atoms with Crippen molar-refractivity contribution in [3.05, 3.63) is 41.8 Å². The Morgan fingerprint density at radius 3 is 2.63 bits per heavy atom. The van der Waals surface area contributed by atoms with Gasteiger partial charge in [0.2, 0.25) is 0 Å². The fourth-order valence-corrected chi connectivity index (χ4v) is 2.86. The number of nitrogens with zero attached hydrogens (tertiary/aromatic N) is 2. The molecule has 0 aliphatic rings. The highest BCUT2D eigenvalue weighted by Crippen LogP contribution is 2.32. The number of hydrogen-bond donors (Lipinski definition) is 0. The van der Waals surface area contributed by atoms with E-state index in [0.717, 1.165) is 11.1 Å². The van der Waals surface area contributed by atoms with Crippen LogP contribution in [0.1, 0.15) is 11.5 Å². The van der Waals surface area contributed by atoms with Crippen molar-refractivity contribution in [3.63, 3.8) is 0 Å². The van der Waals surface area contributed by atoms with E-state index in [0.29, 0.717) is 5.89 Å². The van der Waals surface area contributed by atoms with Crippen LogP contribution in [-0.2, 0) is 7.05 Å². The van der Waals surface area contributed by atoms with Crippen LogP contribution in [0.4, 0.5) is 0 Å².